The summed E-state index contributed by atoms with van der Waals surface area (Å²) in [5.41, 5.74) is -1.81. The van der Waals surface area contributed by atoms with Gasteiger partial charge >= 0.3 is 5.97 Å². The van der Waals surface area contributed by atoms with Crippen LogP contribution in [0.5, 0.6) is 0 Å². The van der Waals surface area contributed by atoms with Crippen LogP contribution in [0.3, 0.4) is 0 Å². The number of carboxylic acid groups (broad SMARTS) is 1. The second kappa shape index (κ2) is 16.5. The Kier molecular flexibility index (Phi) is 18.8. The van der Waals surface area contributed by atoms with Crippen molar-refractivity contribution in [3.05, 3.63) is 29.8 Å². The van der Waals surface area contributed by atoms with Crippen molar-refractivity contribution in [2.24, 2.45) is 16.2 Å². The van der Waals surface area contributed by atoms with Crippen LogP contribution in [0.1, 0.15) is 75.8 Å². The van der Waals surface area contributed by atoms with E-state index in [0.29, 0.717) is 0 Å². The molecule has 1 aromatic carbocycles. The lowest BCUT2D eigenvalue weighted by molar-refractivity contribution is -0.147. The Morgan fingerprint density at radius 1 is 0.806 bits per heavy atom. The topological polar surface area (TPSA) is 115 Å². The highest BCUT2D eigenvalue weighted by Crippen LogP contribution is 2.21. The standard InChI is InChI=1S/C13H18O4S.C6H11FO.C5H9FO2.2CH4/c1-10-5-7-12(8-6-10)18(15,16)17-9-13(3,4)11(2)14;1-5(8)6(2,3)4-7;1-5(2,3-6)4(7)8;;/h5-8H,9H2,1-4H3;4H2,1-3H3;3H2,1-2H3,(H,7,8);2*1H4/i;7-1;6-1;;. The van der Waals surface area contributed by atoms with Gasteiger partial charge in [-0.25, -0.2) is 4.39 Å². The van der Waals surface area contributed by atoms with Gasteiger partial charge in [-0.3, -0.25) is 23.0 Å². The van der Waals surface area contributed by atoms with Crippen molar-refractivity contribution in [2.45, 2.75) is 82.1 Å². The molecule has 0 spiro atoms. The molecule has 1 aromatic rings. The molecule has 0 aromatic heterocycles. The Bertz CT molecular complexity index is 894. The van der Waals surface area contributed by atoms with Gasteiger partial charge in [0.1, 0.15) is 24.9 Å². The summed E-state index contributed by atoms with van der Waals surface area (Å²) in [7, 11) is -3.80. The number of halogens is 2. The summed E-state index contributed by atoms with van der Waals surface area (Å²) in [6, 6.07) is 6.38. The molecule has 0 saturated heterocycles. The van der Waals surface area contributed by atoms with Crippen LogP contribution in [0.2, 0.25) is 0 Å². The molecule has 1 N–H and O–H groups in total. The fraction of sp³-hybridized carbons (Fsp3) is 0.654. The lowest BCUT2D eigenvalue weighted by Gasteiger charge is -2.20. The van der Waals surface area contributed by atoms with Gasteiger partial charge in [-0.2, -0.15) is 8.42 Å². The number of Topliss-reactive ketones (excluding diaryl/α,β-unsaturated/α-hetero) is 2. The summed E-state index contributed by atoms with van der Waals surface area (Å²) in [4.78, 5) is 31.9. The average molecular weight is 539 g/mol. The van der Waals surface area contributed by atoms with Crippen LogP contribution in [0.25, 0.3) is 0 Å². The molecule has 0 amide bonds. The number of carbonyl (C=O) groups is 3. The number of ketones is 2. The van der Waals surface area contributed by atoms with E-state index in [1.165, 1.54) is 39.8 Å². The second-order valence-electron chi connectivity index (χ2n) is 9.87. The SMILES string of the molecule is C.C.CC(=O)C(C)(C)COS(=O)(=O)c1ccc(C)cc1.CC(=O)C(C)(C)C[18F].CC(C)(C[18F])C(=O)O. The van der Waals surface area contributed by atoms with E-state index in [4.69, 9.17) is 9.29 Å². The molecule has 1 rings (SSSR count). The number of hydrogen-bond donors (Lipinski definition) is 1. The maximum Gasteiger partial charge on any atom is 0.311 e. The predicted molar refractivity (Wildman–Crippen MR) is 140 cm³/mol. The van der Waals surface area contributed by atoms with Gasteiger partial charge in [0.15, 0.2) is 0 Å². The number of carboxylic acids is 1. The second-order valence-corrected chi connectivity index (χ2v) is 11.5. The predicted octanol–water partition coefficient (Wildman–Crippen LogP) is 6.23. The smallest absolute Gasteiger partial charge is 0.311 e. The molecule has 0 heterocycles. The Morgan fingerprint density at radius 3 is 1.39 bits per heavy atom. The number of alkyl halides is 2. The normalized spacial score (nSPS) is 11.3. The lowest BCUT2D eigenvalue weighted by Crippen LogP contribution is -2.29. The first kappa shape index (κ1) is 40.9. The molecule has 10 heteroatoms. The first-order valence-corrected chi connectivity index (χ1v) is 11.9. The fourth-order valence-electron chi connectivity index (χ4n) is 1.25. The summed E-state index contributed by atoms with van der Waals surface area (Å²) in [6.07, 6.45) is 0. The molecular formula is C26H46F2O7S. The summed E-state index contributed by atoms with van der Waals surface area (Å²) >= 11 is 0. The van der Waals surface area contributed by atoms with E-state index in [9.17, 15) is 31.6 Å². The van der Waals surface area contributed by atoms with Gasteiger partial charge in [-0.15, -0.1) is 0 Å². The molecule has 0 saturated carbocycles. The van der Waals surface area contributed by atoms with Crippen LogP contribution in [0.4, 0.5) is 8.78 Å². The third kappa shape index (κ3) is 15.0. The van der Waals surface area contributed by atoms with Crippen molar-refractivity contribution in [3.63, 3.8) is 0 Å². The van der Waals surface area contributed by atoms with E-state index in [0.717, 1.165) is 5.56 Å². The number of aliphatic carboxylic acids is 1. The van der Waals surface area contributed by atoms with Crippen LogP contribution >= 0.6 is 0 Å². The molecule has 0 aliphatic carbocycles. The van der Waals surface area contributed by atoms with Crippen LogP contribution in [-0.4, -0.2) is 51.0 Å². The molecule has 0 aliphatic heterocycles. The van der Waals surface area contributed by atoms with Crippen LogP contribution in [-0.2, 0) is 28.7 Å². The largest absolute Gasteiger partial charge is 0.481 e. The van der Waals surface area contributed by atoms with E-state index < -0.39 is 45.7 Å². The molecule has 0 unspecified atom stereocenters. The van der Waals surface area contributed by atoms with Crippen molar-refractivity contribution in [1.82, 2.24) is 0 Å². The van der Waals surface area contributed by atoms with E-state index in [1.807, 2.05) is 6.92 Å². The molecule has 0 bridgehead atoms. The number of carbonyl (C=O) groups excluding carboxylic acids is 2. The highest BCUT2D eigenvalue weighted by Gasteiger charge is 2.28. The molecule has 0 atom stereocenters. The third-order valence-corrected chi connectivity index (χ3v) is 6.32. The van der Waals surface area contributed by atoms with E-state index in [-0.39, 0.29) is 37.9 Å². The molecule has 0 aliphatic rings. The summed E-state index contributed by atoms with van der Waals surface area (Å²) in [6.45, 7) is 12.3. The molecule has 7 nitrogen and oxygen atoms in total. The zero-order valence-corrected chi connectivity index (χ0v) is 22.3. The third-order valence-electron chi connectivity index (χ3n) is 5.04. The first-order valence-electron chi connectivity index (χ1n) is 10.5. The van der Waals surface area contributed by atoms with Gasteiger partial charge in [0.05, 0.1) is 22.3 Å². The Morgan fingerprint density at radius 2 is 1.17 bits per heavy atom. The highest BCUT2D eigenvalue weighted by molar-refractivity contribution is 7.86. The van der Waals surface area contributed by atoms with Crippen LogP contribution < -0.4 is 0 Å². The average Bonchev–Trinajstić information content (AvgIpc) is 2.73. The molecule has 0 radical (unpaired) electrons. The number of benzene rings is 1. The van der Waals surface area contributed by atoms with Gasteiger partial charge in [0, 0.05) is 5.41 Å². The number of rotatable bonds is 9. The maximum atomic E-state index is 11.9. The minimum absolute atomic E-state index is 0. The van der Waals surface area contributed by atoms with E-state index in [2.05, 4.69) is 0 Å². The van der Waals surface area contributed by atoms with Crippen molar-refractivity contribution >= 4 is 27.7 Å². The van der Waals surface area contributed by atoms with Crippen LogP contribution in [0.15, 0.2) is 29.2 Å². The van der Waals surface area contributed by atoms with Crippen molar-refractivity contribution in [1.29, 1.82) is 0 Å². The fourth-order valence-corrected chi connectivity index (χ4v) is 2.31. The monoisotopic (exact) mass is 538 g/mol. The zero-order chi connectivity index (χ0) is 27.5. The maximum absolute atomic E-state index is 11.9. The summed E-state index contributed by atoms with van der Waals surface area (Å²) in [5.74, 6) is -1.30. The highest BCUT2D eigenvalue weighted by atomic mass is 32.2. The van der Waals surface area contributed by atoms with Gasteiger partial charge in [-0.05, 0) is 46.8 Å². The minimum Gasteiger partial charge on any atom is -0.481 e. The summed E-state index contributed by atoms with van der Waals surface area (Å²) in [5, 5.41) is 8.20. The van der Waals surface area contributed by atoms with E-state index >= 15 is 0 Å². The molecule has 0 fully saturated rings. The number of hydrogen-bond acceptors (Lipinski definition) is 6. The molecular weight excluding hydrogens is 492 g/mol. The first-order chi connectivity index (χ1) is 15.2. The van der Waals surface area contributed by atoms with Crippen molar-refractivity contribution < 1.29 is 40.9 Å². The Hall–Kier alpha value is -2.20. The molecule has 212 valence electrons. The summed E-state index contributed by atoms with van der Waals surface area (Å²) < 4.78 is 52.1. The quantitative estimate of drug-likeness (QED) is 0.371. The van der Waals surface area contributed by atoms with E-state index in [1.54, 1.807) is 39.8 Å². The number of aryl methyl sites for hydroxylation is 1. The Labute approximate surface area is 216 Å². The Balaban J connectivity index is -0.000000240. The molecule has 36 heavy (non-hydrogen) atoms. The minimum atomic E-state index is -3.80. The van der Waals surface area contributed by atoms with Crippen molar-refractivity contribution in [2.75, 3.05) is 20.0 Å². The van der Waals surface area contributed by atoms with Gasteiger partial charge in [0.2, 0.25) is 0 Å². The van der Waals surface area contributed by atoms with Gasteiger partial charge in [-0.1, -0.05) is 60.2 Å². The van der Waals surface area contributed by atoms with Gasteiger partial charge in [0.25, 0.3) is 10.1 Å². The van der Waals surface area contributed by atoms with Crippen LogP contribution in [0, 0.1) is 23.2 Å². The zero-order valence-electron chi connectivity index (χ0n) is 21.5. The lowest BCUT2D eigenvalue weighted by atomic mass is 9.90. The van der Waals surface area contributed by atoms with Gasteiger partial charge < -0.3 is 5.11 Å². The van der Waals surface area contributed by atoms with Crippen molar-refractivity contribution in [3.8, 4) is 0 Å².